The number of aromatic nitrogens is 2. The summed E-state index contributed by atoms with van der Waals surface area (Å²) < 4.78 is 1.98. The van der Waals surface area contributed by atoms with Crippen molar-refractivity contribution in [3.05, 3.63) is 18.0 Å². The molecule has 0 radical (unpaired) electrons. The number of guanidine groups is 1. The quantitative estimate of drug-likeness (QED) is 0.312. The monoisotopic (exact) mass is 407 g/mol. The molecule has 0 atom stereocenters. The van der Waals surface area contributed by atoms with E-state index in [1.165, 1.54) is 18.4 Å². The minimum absolute atomic E-state index is 0. The van der Waals surface area contributed by atoms with E-state index in [-0.39, 0.29) is 24.0 Å². The predicted molar refractivity (Wildman–Crippen MR) is 101 cm³/mol. The topological polar surface area (TPSA) is 45.5 Å². The summed E-state index contributed by atoms with van der Waals surface area (Å²) in [4.78, 5) is 6.89. The van der Waals surface area contributed by atoms with Crippen LogP contribution in [0.5, 0.6) is 0 Å². The van der Waals surface area contributed by atoms with Crippen molar-refractivity contribution in [3.63, 3.8) is 0 Å². The van der Waals surface area contributed by atoms with Crippen LogP contribution >= 0.6 is 24.0 Å². The van der Waals surface area contributed by atoms with E-state index in [9.17, 15) is 0 Å². The molecule has 0 aliphatic carbocycles. The zero-order valence-electron chi connectivity index (χ0n) is 13.8. The third-order valence-electron chi connectivity index (χ3n) is 3.11. The van der Waals surface area contributed by atoms with Gasteiger partial charge in [-0.1, -0.05) is 13.3 Å². The summed E-state index contributed by atoms with van der Waals surface area (Å²) in [7, 11) is 2.11. The number of aliphatic imine (C=N–C) groups is 1. The summed E-state index contributed by atoms with van der Waals surface area (Å²) in [5.74, 6) is 1.01. The van der Waals surface area contributed by atoms with Crippen molar-refractivity contribution < 1.29 is 0 Å². The van der Waals surface area contributed by atoms with Gasteiger partial charge >= 0.3 is 0 Å². The van der Waals surface area contributed by atoms with Crippen LogP contribution in [0.15, 0.2) is 17.4 Å². The third-order valence-corrected chi connectivity index (χ3v) is 3.11. The molecule has 21 heavy (non-hydrogen) atoms. The average molecular weight is 407 g/mol. The number of nitrogens with one attached hydrogen (secondary N) is 1. The highest BCUT2D eigenvalue weighted by atomic mass is 127. The molecule has 122 valence electrons. The van der Waals surface area contributed by atoms with Crippen LogP contribution in [0.2, 0.25) is 0 Å². The van der Waals surface area contributed by atoms with Gasteiger partial charge in [-0.15, -0.1) is 24.0 Å². The van der Waals surface area contributed by atoms with Crippen molar-refractivity contribution in [2.45, 2.75) is 46.6 Å². The minimum Gasteiger partial charge on any atom is -0.357 e. The lowest BCUT2D eigenvalue weighted by Gasteiger charge is -2.21. The van der Waals surface area contributed by atoms with Crippen molar-refractivity contribution in [2.24, 2.45) is 4.99 Å². The molecule has 1 rings (SSSR count). The molecule has 1 aromatic heterocycles. The molecule has 6 heteroatoms. The Morgan fingerprint density at radius 2 is 2.14 bits per heavy atom. The Balaban J connectivity index is 0.00000400. The molecule has 0 saturated carbocycles. The van der Waals surface area contributed by atoms with Crippen LogP contribution in [0.1, 0.15) is 38.7 Å². The maximum atomic E-state index is 4.68. The molecular formula is C15H30IN5. The number of unbranched alkanes of at least 4 members (excludes halogenated alkanes) is 1. The molecule has 0 bridgehead atoms. The van der Waals surface area contributed by atoms with E-state index in [2.05, 4.69) is 54.3 Å². The van der Waals surface area contributed by atoms with Gasteiger partial charge in [0, 0.05) is 39.4 Å². The Hall–Kier alpha value is -0.790. The molecule has 0 spiro atoms. The normalized spacial score (nSPS) is 11.1. The third kappa shape index (κ3) is 8.28. The van der Waals surface area contributed by atoms with E-state index < -0.39 is 0 Å². The van der Waals surface area contributed by atoms with Crippen molar-refractivity contribution in [1.29, 1.82) is 0 Å². The number of halogens is 1. The smallest absolute Gasteiger partial charge is 0.193 e. The molecular weight excluding hydrogens is 377 g/mol. The second-order valence-electron chi connectivity index (χ2n) is 5.15. The van der Waals surface area contributed by atoms with Gasteiger partial charge in [0.1, 0.15) is 0 Å². The van der Waals surface area contributed by atoms with Crippen LogP contribution < -0.4 is 5.32 Å². The van der Waals surface area contributed by atoms with E-state index >= 15 is 0 Å². The molecule has 0 unspecified atom stereocenters. The number of hydrogen-bond acceptors (Lipinski definition) is 2. The van der Waals surface area contributed by atoms with E-state index in [4.69, 9.17) is 0 Å². The van der Waals surface area contributed by atoms with Crippen LogP contribution in [-0.2, 0) is 6.54 Å². The van der Waals surface area contributed by atoms with E-state index in [0.29, 0.717) is 0 Å². The first-order chi connectivity index (χ1) is 9.67. The van der Waals surface area contributed by atoms with Crippen molar-refractivity contribution in [1.82, 2.24) is 20.0 Å². The average Bonchev–Trinajstić information content (AvgIpc) is 2.85. The van der Waals surface area contributed by atoms with Crippen LogP contribution in [0.3, 0.4) is 0 Å². The highest BCUT2D eigenvalue weighted by Crippen LogP contribution is 1.97. The zero-order valence-corrected chi connectivity index (χ0v) is 16.1. The molecule has 0 aliphatic rings. The zero-order chi connectivity index (χ0) is 14.8. The molecule has 1 N–H and O–H groups in total. The summed E-state index contributed by atoms with van der Waals surface area (Å²) in [5.41, 5.74) is 1.21. The molecule has 0 amide bonds. The Morgan fingerprint density at radius 3 is 2.71 bits per heavy atom. The van der Waals surface area contributed by atoms with Gasteiger partial charge in [-0.3, -0.25) is 9.67 Å². The highest BCUT2D eigenvalue weighted by molar-refractivity contribution is 14.0. The first kappa shape index (κ1) is 20.2. The van der Waals surface area contributed by atoms with Crippen LogP contribution in [0.25, 0.3) is 0 Å². The van der Waals surface area contributed by atoms with Crippen LogP contribution in [0, 0.1) is 6.92 Å². The fraction of sp³-hybridized carbons (Fsp3) is 0.733. The first-order valence-electron chi connectivity index (χ1n) is 7.65. The summed E-state index contributed by atoms with van der Waals surface area (Å²) in [5, 5.41) is 7.63. The lowest BCUT2D eigenvalue weighted by atomic mass is 10.3. The van der Waals surface area contributed by atoms with Gasteiger partial charge in [0.25, 0.3) is 0 Å². The lowest BCUT2D eigenvalue weighted by Crippen LogP contribution is -2.39. The van der Waals surface area contributed by atoms with Gasteiger partial charge in [-0.05, 0) is 32.3 Å². The van der Waals surface area contributed by atoms with Gasteiger partial charge < -0.3 is 10.2 Å². The van der Waals surface area contributed by atoms with Crippen molar-refractivity contribution in [3.8, 4) is 0 Å². The SMILES string of the molecule is CCCCN(C)C(=NCCCn1cc(C)cn1)NCC.I. The molecule has 1 heterocycles. The standard InChI is InChI=1S/C15H29N5.HI/c1-5-7-10-19(4)15(16-6-2)17-9-8-11-20-13-14(3)12-18-20;/h12-13H,5-11H2,1-4H3,(H,16,17);1H. The number of hydrogen-bond donors (Lipinski definition) is 1. The van der Waals surface area contributed by atoms with Gasteiger partial charge in [0.15, 0.2) is 5.96 Å². The van der Waals surface area contributed by atoms with E-state index in [0.717, 1.165) is 38.6 Å². The Morgan fingerprint density at radius 1 is 1.38 bits per heavy atom. The highest BCUT2D eigenvalue weighted by Gasteiger charge is 2.04. The minimum atomic E-state index is 0. The Kier molecular flexibility index (Phi) is 11.4. The largest absolute Gasteiger partial charge is 0.357 e. The number of nitrogens with zero attached hydrogens (tertiary/aromatic N) is 4. The maximum Gasteiger partial charge on any atom is 0.193 e. The van der Waals surface area contributed by atoms with Gasteiger partial charge in [0.05, 0.1) is 6.20 Å². The Labute approximate surface area is 146 Å². The fourth-order valence-corrected chi connectivity index (χ4v) is 1.98. The fourth-order valence-electron chi connectivity index (χ4n) is 1.98. The van der Waals surface area contributed by atoms with Gasteiger partial charge in [-0.2, -0.15) is 5.10 Å². The number of rotatable bonds is 8. The second kappa shape index (κ2) is 11.8. The van der Waals surface area contributed by atoms with Crippen molar-refractivity contribution >= 4 is 29.9 Å². The molecule has 0 saturated heterocycles. The summed E-state index contributed by atoms with van der Waals surface area (Å²) in [6.45, 7) is 10.1. The van der Waals surface area contributed by atoms with E-state index in [1.54, 1.807) is 0 Å². The first-order valence-corrected chi connectivity index (χ1v) is 7.65. The summed E-state index contributed by atoms with van der Waals surface area (Å²) in [6.07, 6.45) is 7.39. The molecule has 1 aromatic rings. The number of aryl methyl sites for hydroxylation is 2. The predicted octanol–water partition coefficient (Wildman–Crippen LogP) is 2.90. The van der Waals surface area contributed by atoms with Gasteiger partial charge in [-0.25, -0.2) is 0 Å². The Bertz CT molecular complexity index is 403. The summed E-state index contributed by atoms with van der Waals surface area (Å²) >= 11 is 0. The second-order valence-corrected chi connectivity index (χ2v) is 5.15. The molecule has 0 aliphatic heterocycles. The molecule has 0 aromatic carbocycles. The summed E-state index contributed by atoms with van der Waals surface area (Å²) in [6, 6.07) is 0. The maximum absolute atomic E-state index is 4.68. The molecule has 0 fully saturated rings. The van der Waals surface area contributed by atoms with Crippen LogP contribution in [-0.4, -0.2) is 47.3 Å². The van der Waals surface area contributed by atoms with Crippen LogP contribution in [0.4, 0.5) is 0 Å². The molecule has 5 nitrogen and oxygen atoms in total. The van der Waals surface area contributed by atoms with Crippen molar-refractivity contribution in [2.75, 3.05) is 26.7 Å². The lowest BCUT2D eigenvalue weighted by molar-refractivity contribution is 0.463. The van der Waals surface area contributed by atoms with Gasteiger partial charge in [0.2, 0.25) is 0 Å². The van der Waals surface area contributed by atoms with E-state index in [1.807, 2.05) is 10.9 Å².